The van der Waals surface area contributed by atoms with Crippen LogP contribution in [0, 0.1) is 5.92 Å². The Balaban J connectivity index is 1.48. The molecule has 1 fully saturated rings. The molecule has 0 spiro atoms. The van der Waals surface area contributed by atoms with Crippen LogP contribution in [0.3, 0.4) is 0 Å². The predicted octanol–water partition coefficient (Wildman–Crippen LogP) is 2.73. The molecule has 0 aromatic carbocycles. The molecule has 1 aliphatic heterocycles. The highest BCUT2D eigenvalue weighted by molar-refractivity contribution is 5.52. The zero-order valence-corrected chi connectivity index (χ0v) is 14.4. The van der Waals surface area contributed by atoms with Crippen LogP contribution in [0.4, 0.5) is 5.82 Å². The van der Waals surface area contributed by atoms with Crippen LogP contribution < -0.4 is 4.90 Å². The minimum absolute atomic E-state index is 0.576. The van der Waals surface area contributed by atoms with E-state index in [0.717, 1.165) is 42.4 Å². The van der Waals surface area contributed by atoms with Crippen molar-refractivity contribution < 1.29 is 0 Å². The van der Waals surface area contributed by atoms with Gasteiger partial charge in [0.15, 0.2) is 0 Å². The van der Waals surface area contributed by atoms with E-state index >= 15 is 0 Å². The summed E-state index contributed by atoms with van der Waals surface area (Å²) in [4.78, 5) is 20.2. The molecule has 0 bridgehead atoms. The van der Waals surface area contributed by atoms with Crippen LogP contribution in [0.15, 0.2) is 49.3 Å². The molecule has 0 saturated carbocycles. The molecule has 0 aliphatic carbocycles. The van der Waals surface area contributed by atoms with Gasteiger partial charge >= 0.3 is 0 Å². The maximum atomic E-state index is 4.81. The molecule has 0 N–H and O–H groups in total. The normalized spacial score (nSPS) is 17.6. The van der Waals surface area contributed by atoms with E-state index in [1.165, 1.54) is 12.8 Å². The van der Waals surface area contributed by atoms with E-state index in [-0.39, 0.29) is 0 Å². The fourth-order valence-electron chi connectivity index (χ4n) is 3.51. The average molecular weight is 334 g/mol. The lowest BCUT2D eigenvalue weighted by atomic mass is 9.93. The van der Waals surface area contributed by atoms with E-state index in [4.69, 9.17) is 4.98 Å². The highest BCUT2D eigenvalue weighted by atomic mass is 15.2. The molecule has 4 rings (SSSR count). The minimum atomic E-state index is 0.576. The number of imidazole rings is 1. The quantitative estimate of drug-likeness (QED) is 0.734. The molecule has 1 atom stereocenters. The Kier molecular flexibility index (Phi) is 4.41. The summed E-state index contributed by atoms with van der Waals surface area (Å²) >= 11 is 0. The van der Waals surface area contributed by atoms with Crippen LogP contribution in [-0.4, -0.2) is 37.6 Å². The van der Waals surface area contributed by atoms with Crippen molar-refractivity contribution in [1.82, 2.24) is 24.5 Å². The molecule has 3 aromatic heterocycles. The summed E-state index contributed by atoms with van der Waals surface area (Å²) in [6.07, 6.45) is 12.5. The smallest absolute Gasteiger partial charge is 0.128 e. The summed E-state index contributed by atoms with van der Waals surface area (Å²) in [6.45, 7) is 2.10. The predicted molar refractivity (Wildman–Crippen MR) is 97.1 cm³/mol. The second kappa shape index (κ2) is 7.01. The lowest BCUT2D eigenvalue weighted by Crippen LogP contribution is -2.36. The van der Waals surface area contributed by atoms with E-state index < -0.39 is 0 Å². The summed E-state index contributed by atoms with van der Waals surface area (Å²) in [5.41, 5.74) is 2.93. The zero-order chi connectivity index (χ0) is 17.1. The van der Waals surface area contributed by atoms with Crippen LogP contribution in [0.2, 0.25) is 0 Å². The van der Waals surface area contributed by atoms with Gasteiger partial charge in [0, 0.05) is 32.5 Å². The number of hydrogen-bond acceptors (Lipinski definition) is 5. The van der Waals surface area contributed by atoms with Gasteiger partial charge in [0.1, 0.15) is 11.5 Å². The van der Waals surface area contributed by atoms with Gasteiger partial charge in [-0.2, -0.15) is 0 Å². The van der Waals surface area contributed by atoms with E-state index in [1.54, 1.807) is 6.33 Å². The fraction of sp³-hybridized carbons (Fsp3) is 0.368. The highest BCUT2D eigenvalue weighted by Crippen LogP contribution is 2.24. The number of aromatic nitrogens is 5. The first-order valence-electron chi connectivity index (χ1n) is 8.73. The van der Waals surface area contributed by atoms with Crippen molar-refractivity contribution in [3.63, 3.8) is 0 Å². The molecule has 1 saturated heterocycles. The molecule has 128 valence electrons. The first-order valence-corrected chi connectivity index (χ1v) is 8.73. The number of rotatable bonds is 4. The number of pyridine rings is 1. The van der Waals surface area contributed by atoms with Gasteiger partial charge in [-0.05, 0) is 37.3 Å². The number of aryl methyl sites for hydroxylation is 1. The van der Waals surface area contributed by atoms with Gasteiger partial charge in [-0.1, -0.05) is 6.07 Å². The van der Waals surface area contributed by atoms with Gasteiger partial charge in [-0.3, -0.25) is 4.98 Å². The van der Waals surface area contributed by atoms with Crippen molar-refractivity contribution in [3.05, 3.63) is 55.0 Å². The molecule has 6 nitrogen and oxygen atoms in total. The van der Waals surface area contributed by atoms with Crippen molar-refractivity contribution in [2.45, 2.75) is 19.3 Å². The van der Waals surface area contributed by atoms with Crippen molar-refractivity contribution in [3.8, 4) is 11.4 Å². The molecule has 4 heterocycles. The topological polar surface area (TPSA) is 59.7 Å². The van der Waals surface area contributed by atoms with Gasteiger partial charge in [-0.25, -0.2) is 15.0 Å². The standard InChI is InChI=1S/C19H22N6/c1-24-14-21-12-18(24)17-11-20-10-16(23-17)9-15-5-4-8-25(13-15)19-6-2-3-7-22-19/h2-3,6-7,10-12,14-15H,4-5,8-9,13H2,1H3/t15-/m1/s1. The fourth-order valence-corrected chi connectivity index (χ4v) is 3.51. The summed E-state index contributed by atoms with van der Waals surface area (Å²) < 4.78 is 1.97. The summed E-state index contributed by atoms with van der Waals surface area (Å²) in [5, 5.41) is 0. The first-order chi connectivity index (χ1) is 12.3. The largest absolute Gasteiger partial charge is 0.356 e. The molecule has 6 heteroatoms. The monoisotopic (exact) mass is 334 g/mol. The molecule has 0 unspecified atom stereocenters. The maximum Gasteiger partial charge on any atom is 0.128 e. The van der Waals surface area contributed by atoms with E-state index in [9.17, 15) is 0 Å². The molecular formula is C19H22N6. The van der Waals surface area contributed by atoms with Crippen molar-refractivity contribution in [2.24, 2.45) is 13.0 Å². The van der Waals surface area contributed by atoms with Crippen molar-refractivity contribution in [1.29, 1.82) is 0 Å². The molecule has 1 aliphatic rings. The van der Waals surface area contributed by atoms with E-state index in [0.29, 0.717) is 5.92 Å². The van der Waals surface area contributed by atoms with Crippen molar-refractivity contribution in [2.75, 3.05) is 18.0 Å². The Morgan fingerprint density at radius 1 is 1.16 bits per heavy atom. The Morgan fingerprint density at radius 3 is 2.92 bits per heavy atom. The lowest BCUT2D eigenvalue weighted by Gasteiger charge is -2.33. The Hall–Kier alpha value is -2.76. The van der Waals surface area contributed by atoms with Gasteiger partial charge in [-0.15, -0.1) is 0 Å². The SMILES string of the molecule is Cn1cncc1-c1cncc(C[C@H]2CCCN(c3ccccn3)C2)n1. The Labute approximate surface area is 147 Å². The molecule has 0 amide bonds. The summed E-state index contributed by atoms with van der Waals surface area (Å²) in [6, 6.07) is 6.10. The van der Waals surface area contributed by atoms with Crippen LogP contribution in [-0.2, 0) is 13.5 Å². The third-order valence-electron chi connectivity index (χ3n) is 4.75. The number of nitrogens with zero attached hydrogens (tertiary/aromatic N) is 6. The summed E-state index contributed by atoms with van der Waals surface area (Å²) in [5.74, 6) is 1.65. The van der Waals surface area contributed by atoms with Gasteiger partial charge in [0.25, 0.3) is 0 Å². The minimum Gasteiger partial charge on any atom is -0.356 e. The molecule has 0 radical (unpaired) electrons. The summed E-state index contributed by atoms with van der Waals surface area (Å²) in [7, 11) is 1.97. The number of piperidine rings is 1. The Morgan fingerprint density at radius 2 is 2.12 bits per heavy atom. The zero-order valence-electron chi connectivity index (χ0n) is 14.4. The second-order valence-corrected chi connectivity index (χ2v) is 6.63. The van der Waals surface area contributed by atoms with Gasteiger partial charge in [0.2, 0.25) is 0 Å². The van der Waals surface area contributed by atoms with E-state index in [1.807, 2.05) is 42.5 Å². The van der Waals surface area contributed by atoms with Crippen molar-refractivity contribution >= 4 is 5.82 Å². The first kappa shape index (κ1) is 15.7. The van der Waals surface area contributed by atoms with E-state index in [2.05, 4.69) is 32.0 Å². The third kappa shape index (κ3) is 3.52. The molecule has 25 heavy (non-hydrogen) atoms. The third-order valence-corrected chi connectivity index (χ3v) is 4.75. The van der Waals surface area contributed by atoms with Crippen LogP contribution >= 0.6 is 0 Å². The maximum absolute atomic E-state index is 4.81. The number of anilines is 1. The van der Waals surface area contributed by atoms with Gasteiger partial charge < -0.3 is 9.47 Å². The van der Waals surface area contributed by atoms with Crippen LogP contribution in [0.5, 0.6) is 0 Å². The Bertz CT molecular complexity index is 829. The average Bonchev–Trinajstić information content (AvgIpc) is 3.09. The van der Waals surface area contributed by atoms with Gasteiger partial charge in [0.05, 0.1) is 30.1 Å². The van der Waals surface area contributed by atoms with Crippen LogP contribution in [0.25, 0.3) is 11.4 Å². The molecular weight excluding hydrogens is 312 g/mol. The second-order valence-electron chi connectivity index (χ2n) is 6.63. The van der Waals surface area contributed by atoms with Crippen LogP contribution in [0.1, 0.15) is 18.5 Å². The molecule has 3 aromatic rings. The lowest BCUT2D eigenvalue weighted by molar-refractivity contribution is 0.408. The highest BCUT2D eigenvalue weighted by Gasteiger charge is 2.21. The number of hydrogen-bond donors (Lipinski definition) is 0.